The first kappa shape index (κ1) is 23.3. The van der Waals surface area contributed by atoms with Crippen molar-refractivity contribution in [2.24, 2.45) is 5.92 Å². The van der Waals surface area contributed by atoms with Gasteiger partial charge in [0, 0.05) is 12.8 Å². The van der Waals surface area contributed by atoms with Crippen LogP contribution >= 0.6 is 0 Å². The normalized spacial score (nSPS) is 15.3. The maximum Gasteiger partial charge on any atom is 0.175 e. The number of ether oxygens (including phenoxy) is 2. The highest BCUT2D eigenvalue weighted by Crippen LogP contribution is 2.25. The van der Waals surface area contributed by atoms with Gasteiger partial charge in [0.05, 0.1) is 18.6 Å². The van der Waals surface area contributed by atoms with Gasteiger partial charge in [-0.3, -0.25) is 4.90 Å². The molecule has 1 aliphatic heterocycles. The van der Waals surface area contributed by atoms with Crippen molar-refractivity contribution in [1.29, 1.82) is 0 Å². The largest absolute Gasteiger partial charge is 0.497 e. The summed E-state index contributed by atoms with van der Waals surface area (Å²) >= 11 is 0. The average molecular weight is 466 g/mol. The Hall–Kier alpha value is -2.83. The summed E-state index contributed by atoms with van der Waals surface area (Å²) in [5.41, 5.74) is 3.34. The minimum atomic E-state index is -3.18. The van der Waals surface area contributed by atoms with E-state index in [1.807, 2.05) is 48.5 Å². The Labute approximate surface area is 196 Å². The topological polar surface area (TPSA) is 55.8 Å². The molecule has 33 heavy (non-hydrogen) atoms. The van der Waals surface area contributed by atoms with Crippen molar-refractivity contribution < 1.29 is 17.9 Å². The van der Waals surface area contributed by atoms with Gasteiger partial charge >= 0.3 is 0 Å². The summed E-state index contributed by atoms with van der Waals surface area (Å²) in [5, 5.41) is 0. The van der Waals surface area contributed by atoms with E-state index in [9.17, 15) is 8.42 Å². The van der Waals surface area contributed by atoms with Gasteiger partial charge in [0.1, 0.15) is 11.5 Å². The number of methoxy groups -OCH3 is 1. The van der Waals surface area contributed by atoms with Gasteiger partial charge in [0.15, 0.2) is 9.84 Å². The second-order valence-corrected chi connectivity index (χ2v) is 10.7. The van der Waals surface area contributed by atoms with E-state index in [0.717, 1.165) is 61.7 Å². The molecular weight excluding hydrogens is 434 g/mol. The first-order valence-electron chi connectivity index (χ1n) is 11.3. The standard InChI is InChI=1S/C27H31NO4S/c1-31-25-9-3-21(4-10-25)19-28-17-15-22(16-18-28)20-32-26-11-5-23(6-12-26)24-7-13-27(14-8-24)33(2,29)30/h3-14,22H,15-20H2,1-2H3. The van der Waals surface area contributed by atoms with Gasteiger partial charge in [-0.25, -0.2) is 8.42 Å². The maximum absolute atomic E-state index is 11.6. The highest BCUT2D eigenvalue weighted by molar-refractivity contribution is 7.90. The fraction of sp³-hybridized carbons (Fsp3) is 0.333. The van der Waals surface area contributed by atoms with Crippen molar-refractivity contribution in [3.63, 3.8) is 0 Å². The third-order valence-corrected chi connectivity index (χ3v) is 7.36. The molecule has 3 aromatic carbocycles. The Morgan fingerprint density at radius 1 is 0.818 bits per heavy atom. The summed E-state index contributed by atoms with van der Waals surface area (Å²) < 4.78 is 34.6. The van der Waals surface area contributed by atoms with Crippen LogP contribution < -0.4 is 9.47 Å². The highest BCUT2D eigenvalue weighted by Gasteiger charge is 2.20. The molecule has 5 nitrogen and oxygen atoms in total. The molecular formula is C27H31NO4S. The monoisotopic (exact) mass is 465 g/mol. The molecule has 4 rings (SSSR count). The van der Waals surface area contributed by atoms with Crippen LogP contribution in [0.1, 0.15) is 18.4 Å². The van der Waals surface area contributed by atoms with Gasteiger partial charge < -0.3 is 9.47 Å². The van der Waals surface area contributed by atoms with Gasteiger partial charge in [-0.2, -0.15) is 0 Å². The third-order valence-electron chi connectivity index (χ3n) is 6.23. The van der Waals surface area contributed by atoms with E-state index in [4.69, 9.17) is 9.47 Å². The number of nitrogens with zero attached hydrogens (tertiary/aromatic N) is 1. The minimum absolute atomic E-state index is 0.334. The second kappa shape index (κ2) is 10.4. The van der Waals surface area contributed by atoms with E-state index in [0.29, 0.717) is 10.8 Å². The summed E-state index contributed by atoms with van der Waals surface area (Å²) in [7, 11) is -1.48. The minimum Gasteiger partial charge on any atom is -0.497 e. The lowest BCUT2D eigenvalue weighted by atomic mass is 9.97. The van der Waals surface area contributed by atoms with E-state index in [1.165, 1.54) is 11.8 Å². The molecule has 6 heteroatoms. The SMILES string of the molecule is COc1ccc(CN2CCC(COc3ccc(-c4ccc(S(C)(=O)=O)cc4)cc3)CC2)cc1. The van der Waals surface area contributed by atoms with Crippen LogP contribution in [0.5, 0.6) is 11.5 Å². The summed E-state index contributed by atoms with van der Waals surface area (Å²) in [6, 6.07) is 23.3. The zero-order chi connectivity index (χ0) is 23.3. The number of hydrogen-bond acceptors (Lipinski definition) is 5. The predicted molar refractivity (Wildman–Crippen MR) is 131 cm³/mol. The van der Waals surface area contributed by atoms with E-state index in [2.05, 4.69) is 17.0 Å². The van der Waals surface area contributed by atoms with Crippen LogP contribution in [0.2, 0.25) is 0 Å². The number of likely N-dealkylation sites (tertiary alicyclic amines) is 1. The third kappa shape index (κ3) is 6.36. The number of benzene rings is 3. The van der Waals surface area contributed by atoms with E-state index >= 15 is 0 Å². The van der Waals surface area contributed by atoms with Crippen LogP contribution in [0.3, 0.4) is 0 Å². The summed E-state index contributed by atoms with van der Waals surface area (Å²) in [5.74, 6) is 2.33. The smallest absolute Gasteiger partial charge is 0.175 e. The van der Waals surface area contributed by atoms with E-state index < -0.39 is 9.84 Å². The van der Waals surface area contributed by atoms with Crippen LogP contribution in [-0.2, 0) is 16.4 Å². The fourth-order valence-corrected chi connectivity index (χ4v) is 4.78. The molecule has 1 heterocycles. The molecule has 1 fully saturated rings. The molecule has 1 aliphatic rings. The Morgan fingerprint density at radius 2 is 1.36 bits per heavy atom. The Bertz CT molecular complexity index is 1130. The Kier molecular flexibility index (Phi) is 7.36. The Morgan fingerprint density at radius 3 is 1.91 bits per heavy atom. The van der Waals surface area contributed by atoms with Crippen molar-refractivity contribution >= 4 is 9.84 Å². The molecule has 174 valence electrons. The van der Waals surface area contributed by atoms with E-state index in [-0.39, 0.29) is 0 Å². The molecule has 0 aliphatic carbocycles. The number of rotatable bonds is 8. The first-order valence-corrected chi connectivity index (χ1v) is 13.2. The molecule has 0 radical (unpaired) electrons. The zero-order valence-electron chi connectivity index (χ0n) is 19.2. The first-order chi connectivity index (χ1) is 15.9. The predicted octanol–water partition coefficient (Wildman–Crippen LogP) is 5.06. The average Bonchev–Trinajstić information content (AvgIpc) is 2.84. The lowest BCUT2D eigenvalue weighted by Crippen LogP contribution is -2.35. The molecule has 0 atom stereocenters. The van der Waals surface area contributed by atoms with Gasteiger partial charge in [-0.1, -0.05) is 36.4 Å². The highest BCUT2D eigenvalue weighted by atomic mass is 32.2. The van der Waals surface area contributed by atoms with Gasteiger partial charge in [0.2, 0.25) is 0 Å². The number of hydrogen-bond donors (Lipinski definition) is 0. The molecule has 0 saturated carbocycles. The molecule has 0 amide bonds. The summed E-state index contributed by atoms with van der Waals surface area (Å²) in [4.78, 5) is 2.84. The Balaban J connectivity index is 1.23. The maximum atomic E-state index is 11.6. The van der Waals surface area contributed by atoms with Gasteiger partial charge in [0.25, 0.3) is 0 Å². The van der Waals surface area contributed by atoms with Crippen LogP contribution in [0.4, 0.5) is 0 Å². The number of sulfone groups is 1. The van der Waals surface area contributed by atoms with E-state index in [1.54, 1.807) is 19.2 Å². The van der Waals surface area contributed by atoms with Gasteiger partial charge in [-0.15, -0.1) is 0 Å². The van der Waals surface area contributed by atoms with Crippen LogP contribution in [0, 0.1) is 5.92 Å². The summed E-state index contributed by atoms with van der Waals surface area (Å²) in [6.45, 7) is 3.88. The van der Waals surface area contributed by atoms with Crippen LogP contribution in [0.15, 0.2) is 77.7 Å². The molecule has 0 spiro atoms. The van der Waals surface area contributed by atoms with Gasteiger partial charge in [-0.05, 0) is 84.9 Å². The molecule has 0 unspecified atom stereocenters. The van der Waals surface area contributed by atoms with Crippen molar-refractivity contribution in [3.8, 4) is 22.6 Å². The molecule has 1 saturated heterocycles. The lowest BCUT2D eigenvalue weighted by Gasteiger charge is -2.31. The van der Waals surface area contributed by atoms with Crippen molar-refractivity contribution in [3.05, 3.63) is 78.4 Å². The quantitative estimate of drug-likeness (QED) is 0.466. The van der Waals surface area contributed by atoms with Crippen LogP contribution in [-0.4, -0.2) is 46.4 Å². The van der Waals surface area contributed by atoms with Crippen molar-refractivity contribution in [2.45, 2.75) is 24.3 Å². The van der Waals surface area contributed by atoms with Crippen molar-refractivity contribution in [1.82, 2.24) is 4.90 Å². The summed E-state index contributed by atoms with van der Waals surface area (Å²) in [6.07, 6.45) is 3.50. The lowest BCUT2D eigenvalue weighted by molar-refractivity contribution is 0.136. The molecule has 3 aromatic rings. The number of piperidine rings is 1. The molecule has 0 aromatic heterocycles. The fourth-order valence-electron chi connectivity index (χ4n) is 4.15. The second-order valence-electron chi connectivity index (χ2n) is 8.70. The zero-order valence-corrected chi connectivity index (χ0v) is 20.1. The van der Waals surface area contributed by atoms with Crippen LogP contribution in [0.25, 0.3) is 11.1 Å². The van der Waals surface area contributed by atoms with Crippen molar-refractivity contribution in [2.75, 3.05) is 33.1 Å². The molecule has 0 N–H and O–H groups in total. The molecule has 0 bridgehead atoms.